The molecule has 1 spiro atoms. The summed E-state index contributed by atoms with van der Waals surface area (Å²) in [4.78, 5) is 42.5. The van der Waals surface area contributed by atoms with Gasteiger partial charge in [0.2, 0.25) is 5.91 Å². The van der Waals surface area contributed by atoms with Gasteiger partial charge in [-0.1, -0.05) is 23.7 Å². The third-order valence-corrected chi connectivity index (χ3v) is 5.47. The lowest BCUT2D eigenvalue weighted by atomic mass is 9.89. The minimum Gasteiger partial charge on any atom is -0.351 e. The maximum Gasteiger partial charge on any atom is 0.314 e. The van der Waals surface area contributed by atoms with Crippen molar-refractivity contribution in [2.45, 2.75) is 38.4 Å². The first-order valence-electron chi connectivity index (χ1n) is 8.65. The molecule has 0 unspecified atom stereocenters. The zero-order chi connectivity index (χ0) is 19.1. The molecule has 8 heteroatoms. The minimum absolute atomic E-state index is 0.0441. The standard InChI is InChI=1S/C18H23ClN4O3/c1-12(2)22-10-15(24)23(9-13-3-5-14(19)6-4-13)18(16(22)25)7-8-21(11-18)17(20)26/h3-6,12H,7-11H2,1-2H3,(H2,20,26)/t18-/m0/s1. The molecule has 2 aliphatic rings. The largest absolute Gasteiger partial charge is 0.351 e. The summed E-state index contributed by atoms with van der Waals surface area (Å²) in [5, 5.41) is 0.608. The molecule has 0 saturated carbocycles. The van der Waals surface area contributed by atoms with Crippen LogP contribution in [-0.2, 0) is 16.1 Å². The number of halogens is 1. The van der Waals surface area contributed by atoms with E-state index in [0.717, 1.165) is 5.56 Å². The number of urea groups is 1. The number of amides is 4. The number of nitrogens with zero attached hydrogens (tertiary/aromatic N) is 3. The Kier molecular flexibility index (Phi) is 4.84. The first-order chi connectivity index (χ1) is 12.2. The van der Waals surface area contributed by atoms with Gasteiger partial charge >= 0.3 is 6.03 Å². The second-order valence-electron chi connectivity index (χ2n) is 7.17. The van der Waals surface area contributed by atoms with Gasteiger partial charge in [-0.25, -0.2) is 4.79 Å². The summed E-state index contributed by atoms with van der Waals surface area (Å²) in [6, 6.07) is 6.51. The van der Waals surface area contributed by atoms with E-state index in [1.54, 1.807) is 21.9 Å². The van der Waals surface area contributed by atoms with Crippen LogP contribution in [0.2, 0.25) is 5.02 Å². The second kappa shape index (κ2) is 6.79. The minimum atomic E-state index is -1.06. The van der Waals surface area contributed by atoms with E-state index in [-0.39, 0.29) is 30.9 Å². The van der Waals surface area contributed by atoms with Gasteiger partial charge in [0.25, 0.3) is 5.91 Å². The van der Waals surface area contributed by atoms with Crippen molar-refractivity contribution in [3.8, 4) is 0 Å². The molecule has 2 aliphatic heterocycles. The number of hydrogen-bond donors (Lipinski definition) is 1. The summed E-state index contributed by atoms with van der Waals surface area (Å²) >= 11 is 5.94. The molecule has 0 bridgehead atoms. The molecule has 3 rings (SSSR count). The number of likely N-dealkylation sites (tertiary alicyclic amines) is 1. The quantitative estimate of drug-likeness (QED) is 0.863. The Labute approximate surface area is 157 Å². The highest BCUT2D eigenvalue weighted by atomic mass is 35.5. The molecule has 2 saturated heterocycles. The van der Waals surface area contributed by atoms with Crippen LogP contribution in [0.25, 0.3) is 0 Å². The topological polar surface area (TPSA) is 86.9 Å². The fraction of sp³-hybridized carbons (Fsp3) is 0.500. The summed E-state index contributed by atoms with van der Waals surface area (Å²) in [6.07, 6.45) is 0.386. The Hall–Kier alpha value is -2.28. The Morgan fingerprint density at radius 3 is 2.46 bits per heavy atom. The van der Waals surface area contributed by atoms with Crippen LogP contribution in [0.5, 0.6) is 0 Å². The maximum atomic E-state index is 13.3. The van der Waals surface area contributed by atoms with Crippen LogP contribution in [0.1, 0.15) is 25.8 Å². The molecule has 1 atom stereocenters. The van der Waals surface area contributed by atoms with E-state index in [1.165, 1.54) is 4.90 Å². The fourth-order valence-corrected chi connectivity index (χ4v) is 3.86. The van der Waals surface area contributed by atoms with E-state index in [2.05, 4.69) is 0 Å². The van der Waals surface area contributed by atoms with Crippen molar-refractivity contribution in [1.29, 1.82) is 0 Å². The van der Waals surface area contributed by atoms with Crippen molar-refractivity contribution in [2.24, 2.45) is 5.73 Å². The van der Waals surface area contributed by atoms with Crippen LogP contribution < -0.4 is 5.73 Å². The van der Waals surface area contributed by atoms with Gasteiger partial charge < -0.3 is 20.4 Å². The molecule has 2 heterocycles. The summed E-state index contributed by atoms with van der Waals surface area (Å²) < 4.78 is 0. The second-order valence-corrected chi connectivity index (χ2v) is 7.61. The van der Waals surface area contributed by atoms with Gasteiger partial charge in [-0.05, 0) is 38.0 Å². The van der Waals surface area contributed by atoms with Crippen LogP contribution in [0.3, 0.4) is 0 Å². The van der Waals surface area contributed by atoms with Crippen LogP contribution in [-0.4, -0.2) is 63.8 Å². The number of carbonyl (C=O) groups excluding carboxylic acids is 3. The van der Waals surface area contributed by atoms with Crippen LogP contribution in [0.4, 0.5) is 4.79 Å². The zero-order valence-electron chi connectivity index (χ0n) is 14.9. The first-order valence-corrected chi connectivity index (χ1v) is 9.03. The molecule has 2 N–H and O–H groups in total. The van der Waals surface area contributed by atoms with Gasteiger partial charge in [0, 0.05) is 24.2 Å². The van der Waals surface area contributed by atoms with E-state index in [1.807, 2.05) is 26.0 Å². The molecule has 26 heavy (non-hydrogen) atoms. The van der Waals surface area contributed by atoms with Crippen LogP contribution in [0, 0.1) is 0 Å². The molecule has 0 aromatic heterocycles. The number of nitrogens with two attached hydrogens (primary N) is 1. The first kappa shape index (κ1) is 18.5. The molecule has 4 amide bonds. The van der Waals surface area contributed by atoms with Crippen molar-refractivity contribution in [3.05, 3.63) is 34.9 Å². The smallest absolute Gasteiger partial charge is 0.314 e. The highest BCUT2D eigenvalue weighted by molar-refractivity contribution is 6.30. The average molecular weight is 379 g/mol. The zero-order valence-corrected chi connectivity index (χ0v) is 15.7. The van der Waals surface area contributed by atoms with E-state index in [9.17, 15) is 14.4 Å². The maximum absolute atomic E-state index is 13.3. The lowest BCUT2D eigenvalue weighted by molar-refractivity contribution is -0.166. The molecular formula is C18H23ClN4O3. The van der Waals surface area contributed by atoms with E-state index < -0.39 is 11.6 Å². The van der Waals surface area contributed by atoms with Crippen molar-refractivity contribution in [2.75, 3.05) is 19.6 Å². The monoisotopic (exact) mass is 378 g/mol. The summed E-state index contributed by atoms with van der Waals surface area (Å²) in [5.41, 5.74) is 5.24. The van der Waals surface area contributed by atoms with Crippen LogP contribution >= 0.6 is 11.6 Å². The highest BCUT2D eigenvalue weighted by Gasteiger charge is 2.56. The van der Waals surface area contributed by atoms with Gasteiger partial charge in [0.05, 0.1) is 6.54 Å². The van der Waals surface area contributed by atoms with Crippen molar-refractivity contribution in [3.63, 3.8) is 0 Å². The van der Waals surface area contributed by atoms with Gasteiger partial charge in [0.15, 0.2) is 0 Å². The highest BCUT2D eigenvalue weighted by Crippen LogP contribution is 2.35. The van der Waals surface area contributed by atoms with Crippen molar-refractivity contribution in [1.82, 2.24) is 14.7 Å². The number of hydrogen-bond acceptors (Lipinski definition) is 3. The predicted octanol–water partition coefficient (Wildman–Crippen LogP) is 1.44. The summed E-state index contributed by atoms with van der Waals surface area (Å²) in [5.74, 6) is -0.246. The Bertz CT molecular complexity index is 736. The summed E-state index contributed by atoms with van der Waals surface area (Å²) in [7, 11) is 0. The lowest BCUT2D eigenvalue weighted by Crippen LogP contribution is -2.69. The molecular weight excluding hydrogens is 356 g/mol. The Morgan fingerprint density at radius 2 is 1.92 bits per heavy atom. The van der Waals surface area contributed by atoms with Gasteiger partial charge in [-0.2, -0.15) is 0 Å². The van der Waals surface area contributed by atoms with Crippen LogP contribution in [0.15, 0.2) is 24.3 Å². The molecule has 1 aromatic rings. The van der Waals surface area contributed by atoms with E-state index in [4.69, 9.17) is 17.3 Å². The van der Waals surface area contributed by atoms with E-state index in [0.29, 0.717) is 24.5 Å². The van der Waals surface area contributed by atoms with Crippen molar-refractivity contribution >= 4 is 29.4 Å². The molecule has 2 fully saturated rings. The Balaban J connectivity index is 1.97. The fourth-order valence-electron chi connectivity index (χ4n) is 3.73. The molecule has 0 radical (unpaired) electrons. The number of benzene rings is 1. The average Bonchev–Trinajstić information content (AvgIpc) is 3.03. The molecule has 7 nitrogen and oxygen atoms in total. The molecule has 0 aliphatic carbocycles. The number of primary amides is 1. The summed E-state index contributed by atoms with van der Waals surface area (Å²) in [6.45, 7) is 4.59. The third-order valence-electron chi connectivity index (χ3n) is 5.22. The molecule has 1 aromatic carbocycles. The third kappa shape index (κ3) is 3.11. The van der Waals surface area contributed by atoms with Crippen molar-refractivity contribution < 1.29 is 14.4 Å². The Morgan fingerprint density at radius 1 is 1.27 bits per heavy atom. The number of rotatable bonds is 3. The number of piperazine rings is 1. The van der Waals surface area contributed by atoms with Gasteiger partial charge in [-0.3, -0.25) is 9.59 Å². The predicted molar refractivity (Wildman–Crippen MR) is 97.4 cm³/mol. The lowest BCUT2D eigenvalue weighted by Gasteiger charge is -2.48. The SMILES string of the molecule is CC(C)N1CC(=O)N(Cc2ccc(Cl)cc2)[C@]2(CCN(C(N)=O)C2)C1=O. The normalized spacial score (nSPS) is 23.5. The van der Waals surface area contributed by atoms with Gasteiger partial charge in [-0.15, -0.1) is 0 Å². The number of carbonyl (C=O) groups is 3. The van der Waals surface area contributed by atoms with E-state index >= 15 is 0 Å². The van der Waals surface area contributed by atoms with Gasteiger partial charge in [0.1, 0.15) is 12.1 Å². The molecule has 140 valence electrons.